The lowest BCUT2D eigenvalue weighted by Gasteiger charge is -2.45. The first-order valence-corrected chi connectivity index (χ1v) is 6.94. The molecule has 0 saturated carbocycles. The summed E-state index contributed by atoms with van der Waals surface area (Å²) in [6.45, 7) is 9.00. The number of methoxy groups -OCH3 is 1. The third-order valence-corrected chi connectivity index (χ3v) is 4.32. The summed E-state index contributed by atoms with van der Waals surface area (Å²) in [5, 5.41) is 11.1. The maximum atomic E-state index is 12.0. The molecular formula is C17H24O4. The normalized spacial score (nSPS) is 26.4. The van der Waals surface area contributed by atoms with Crippen molar-refractivity contribution in [3.63, 3.8) is 0 Å². The second-order valence-electron chi connectivity index (χ2n) is 6.25. The van der Waals surface area contributed by atoms with E-state index in [9.17, 15) is 14.7 Å². The van der Waals surface area contributed by atoms with E-state index in [2.05, 4.69) is 4.74 Å². The highest BCUT2D eigenvalue weighted by molar-refractivity contribution is 5.97. The van der Waals surface area contributed by atoms with E-state index < -0.39 is 17.0 Å². The van der Waals surface area contributed by atoms with Gasteiger partial charge < -0.3 is 9.84 Å². The zero-order valence-corrected chi connectivity index (χ0v) is 13.6. The largest absolute Gasteiger partial charge is 0.466 e. The van der Waals surface area contributed by atoms with Crippen LogP contribution in [0.4, 0.5) is 0 Å². The molecule has 4 nitrogen and oxygen atoms in total. The maximum absolute atomic E-state index is 12.0. The van der Waals surface area contributed by atoms with E-state index in [1.807, 2.05) is 13.8 Å². The molecule has 116 valence electrons. The molecule has 1 rings (SSSR count). The van der Waals surface area contributed by atoms with Crippen molar-refractivity contribution >= 4 is 11.8 Å². The van der Waals surface area contributed by atoms with Gasteiger partial charge in [-0.05, 0) is 43.6 Å². The average Bonchev–Trinajstić information content (AvgIpc) is 2.40. The zero-order chi connectivity index (χ0) is 16.4. The predicted octanol–water partition coefficient (Wildman–Crippen LogP) is 2.73. The molecule has 21 heavy (non-hydrogen) atoms. The number of hydrogen-bond donors (Lipinski definition) is 1. The molecule has 0 fully saturated rings. The molecule has 1 atom stereocenters. The van der Waals surface area contributed by atoms with Crippen LogP contribution in [0.5, 0.6) is 0 Å². The Morgan fingerprint density at radius 1 is 1.33 bits per heavy atom. The molecule has 0 radical (unpaired) electrons. The van der Waals surface area contributed by atoms with Crippen LogP contribution in [0.2, 0.25) is 0 Å². The van der Waals surface area contributed by atoms with E-state index in [4.69, 9.17) is 0 Å². The first-order valence-electron chi connectivity index (χ1n) is 6.94. The van der Waals surface area contributed by atoms with E-state index >= 15 is 0 Å². The van der Waals surface area contributed by atoms with Crippen molar-refractivity contribution in [2.45, 2.75) is 46.6 Å². The van der Waals surface area contributed by atoms with Gasteiger partial charge in [-0.15, -0.1) is 0 Å². The number of allylic oxidation sites excluding steroid dienone is 3. The van der Waals surface area contributed by atoms with Gasteiger partial charge in [0.2, 0.25) is 0 Å². The molecule has 0 saturated heterocycles. The lowest BCUT2D eigenvalue weighted by Crippen LogP contribution is -2.49. The quantitative estimate of drug-likeness (QED) is 0.493. The highest BCUT2D eigenvalue weighted by atomic mass is 16.5. The summed E-state index contributed by atoms with van der Waals surface area (Å²) in [7, 11) is 1.31. The SMILES string of the molecule is COC(=O)/C=C(C)\C=C\[C@@]1(O)C(C)=C(C)C(=O)CC1(C)C. The van der Waals surface area contributed by atoms with Gasteiger partial charge in [0.1, 0.15) is 5.60 Å². The second kappa shape index (κ2) is 5.98. The lowest BCUT2D eigenvalue weighted by molar-refractivity contribution is -0.134. The molecule has 1 aliphatic carbocycles. The molecule has 1 aliphatic rings. The van der Waals surface area contributed by atoms with Gasteiger partial charge in [-0.2, -0.15) is 0 Å². The highest BCUT2D eigenvalue weighted by Crippen LogP contribution is 2.46. The molecule has 0 bridgehead atoms. The predicted molar refractivity (Wildman–Crippen MR) is 81.6 cm³/mol. The topological polar surface area (TPSA) is 63.6 Å². The van der Waals surface area contributed by atoms with E-state index in [0.717, 1.165) is 0 Å². The first-order chi connectivity index (χ1) is 9.55. The summed E-state index contributed by atoms with van der Waals surface area (Å²) in [4.78, 5) is 23.2. The highest BCUT2D eigenvalue weighted by Gasteiger charge is 2.48. The van der Waals surface area contributed by atoms with Crippen molar-refractivity contribution in [1.29, 1.82) is 0 Å². The third kappa shape index (κ3) is 3.32. The van der Waals surface area contributed by atoms with Crippen LogP contribution in [0, 0.1) is 5.41 Å². The number of carbonyl (C=O) groups excluding carboxylic acids is 2. The second-order valence-corrected chi connectivity index (χ2v) is 6.25. The Labute approximate surface area is 126 Å². The van der Waals surface area contributed by atoms with Crippen LogP contribution >= 0.6 is 0 Å². The molecule has 4 heteroatoms. The molecule has 0 aromatic rings. The number of esters is 1. The zero-order valence-electron chi connectivity index (χ0n) is 13.6. The number of hydrogen-bond acceptors (Lipinski definition) is 4. The molecule has 0 aromatic heterocycles. The maximum Gasteiger partial charge on any atom is 0.330 e. The standard InChI is InChI=1S/C17H24O4/c1-11(9-15(19)21-6)7-8-17(20)13(3)12(2)14(18)10-16(17,4)5/h7-9,20H,10H2,1-6H3/b8-7+,11-9-/t17-/m1/s1. The Bertz CT molecular complexity index is 549. The Balaban J connectivity index is 3.22. The fourth-order valence-electron chi connectivity index (χ4n) is 2.57. The van der Waals surface area contributed by atoms with Crippen LogP contribution in [-0.4, -0.2) is 29.6 Å². The van der Waals surface area contributed by atoms with Crippen LogP contribution in [0.3, 0.4) is 0 Å². The number of ether oxygens (including phenoxy) is 1. The Kier molecular flexibility index (Phi) is 4.95. The van der Waals surface area contributed by atoms with Gasteiger partial charge in [0.25, 0.3) is 0 Å². The number of Topliss-reactive ketones (excluding diaryl/α,β-unsaturated/α-hetero) is 1. The van der Waals surface area contributed by atoms with Crippen molar-refractivity contribution in [3.8, 4) is 0 Å². The lowest BCUT2D eigenvalue weighted by atomic mass is 9.62. The smallest absolute Gasteiger partial charge is 0.330 e. The Morgan fingerprint density at radius 3 is 2.43 bits per heavy atom. The van der Waals surface area contributed by atoms with Crippen molar-refractivity contribution in [2.75, 3.05) is 7.11 Å². The number of aliphatic hydroxyl groups is 1. The summed E-state index contributed by atoms with van der Waals surface area (Å²) in [6, 6.07) is 0. The molecule has 0 unspecified atom stereocenters. The van der Waals surface area contributed by atoms with Gasteiger partial charge in [0.05, 0.1) is 7.11 Å². The van der Waals surface area contributed by atoms with Gasteiger partial charge in [0.15, 0.2) is 5.78 Å². The molecule has 0 amide bonds. The van der Waals surface area contributed by atoms with Crippen LogP contribution < -0.4 is 0 Å². The minimum absolute atomic E-state index is 0.0670. The Morgan fingerprint density at radius 2 is 1.90 bits per heavy atom. The third-order valence-electron chi connectivity index (χ3n) is 4.32. The van der Waals surface area contributed by atoms with Crippen LogP contribution in [-0.2, 0) is 14.3 Å². The van der Waals surface area contributed by atoms with E-state index in [1.165, 1.54) is 13.2 Å². The molecule has 0 aliphatic heterocycles. The number of carbonyl (C=O) groups is 2. The first kappa shape index (κ1) is 17.4. The summed E-state index contributed by atoms with van der Waals surface area (Å²) in [5.74, 6) is -0.372. The van der Waals surface area contributed by atoms with Crippen LogP contribution in [0.25, 0.3) is 0 Å². The van der Waals surface area contributed by atoms with Crippen molar-refractivity contribution in [2.24, 2.45) is 5.41 Å². The van der Waals surface area contributed by atoms with Gasteiger partial charge in [0, 0.05) is 17.9 Å². The van der Waals surface area contributed by atoms with Crippen LogP contribution in [0.1, 0.15) is 41.0 Å². The molecule has 0 spiro atoms. The summed E-state index contributed by atoms with van der Waals surface area (Å²) in [5.41, 5.74) is 0.127. The molecular weight excluding hydrogens is 268 g/mol. The van der Waals surface area contributed by atoms with Crippen molar-refractivity contribution in [1.82, 2.24) is 0 Å². The van der Waals surface area contributed by atoms with Crippen molar-refractivity contribution in [3.05, 3.63) is 34.9 Å². The number of ketones is 1. The van der Waals surface area contributed by atoms with Gasteiger partial charge in [-0.3, -0.25) is 4.79 Å². The molecule has 0 heterocycles. The number of rotatable bonds is 3. The summed E-state index contributed by atoms with van der Waals surface area (Å²) >= 11 is 0. The fraction of sp³-hybridized carbons (Fsp3) is 0.529. The van der Waals surface area contributed by atoms with E-state index in [-0.39, 0.29) is 12.2 Å². The molecule has 1 N–H and O–H groups in total. The van der Waals surface area contributed by atoms with Gasteiger partial charge in [-0.1, -0.05) is 19.9 Å². The minimum atomic E-state index is -1.21. The van der Waals surface area contributed by atoms with Crippen molar-refractivity contribution < 1.29 is 19.4 Å². The summed E-state index contributed by atoms with van der Waals surface area (Å²) < 4.78 is 4.57. The van der Waals surface area contributed by atoms with E-state index in [0.29, 0.717) is 16.7 Å². The van der Waals surface area contributed by atoms with Gasteiger partial charge >= 0.3 is 5.97 Å². The fourth-order valence-corrected chi connectivity index (χ4v) is 2.57. The average molecular weight is 292 g/mol. The van der Waals surface area contributed by atoms with E-state index in [1.54, 1.807) is 32.9 Å². The monoisotopic (exact) mass is 292 g/mol. The Hall–Kier alpha value is -1.68. The minimum Gasteiger partial charge on any atom is -0.466 e. The summed E-state index contributed by atoms with van der Waals surface area (Å²) in [6.07, 6.45) is 4.99. The van der Waals surface area contributed by atoms with Gasteiger partial charge in [-0.25, -0.2) is 4.79 Å². The molecule has 0 aromatic carbocycles. The van der Waals surface area contributed by atoms with Crippen LogP contribution in [0.15, 0.2) is 34.9 Å².